The van der Waals surface area contributed by atoms with Crippen LogP contribution in [0.4, 0.5) is 8.78 Å². The van der Waals surface area contributed by atoms with Gasteiger partial charge in [-0.05, 0) is 5.92 Å². The van der Waals surface area contributed by atoms with Crippen LogP contribution in [0, 0.1) is 5.92 Å². The van der Waals surface area contributed by atoms with Crippen LogP contribution in [-0.2, 0) is 13.1 Å². The standard InChI is InChI=1S/C11H14F2N6O2/c1-6(2)3-18-7(14-5-15-18)4-19-9(10(12)13)8(11(20)21)16-17-19/h5-6,10H,3-4H2,1-2H3,(H,20,21). The Labute approximate surface area is 118 Å². The molecule has 2 aromatic rings. The Morgan fingerprint density at radius 3 is 2.67 bits per heavy atom. The molecular formula is C11H14F2N6O2. The summed E-state index contributed by atoms with van der Waals surface area (Å²) in [5, 5.41) is 19.6. The van der Waals surface area contributed by atoms with Crippen LogP contribution in [-0.4, -0.2) is 40.8 Å². The predicted octanol–water partition coefficient (Wildman–Crippen LogP) is 1.21. The third-order valence-electron chi connectivity index (χ3n) is 2.71. The number of alkyl halides is 2. The third-order valence-corrected chi connectivity index (χ3v) is 2.71. The summed E-state index contributed by atoms with van der Waals surface area (Å²) in [5.41, 5.74) is -1.48. The molecule has 10 heteroatoms. The minimum absolute atomic E-state index is 0.118. The lowest BCUT2D eigenvalue weighted by Gasteiger charge is -2.09. The highest BCUT2D eigenvalue weighted by Crippen LogP contribution is 2.22. The molecule has 0 saturated carbocycles. The van der Waals surface area contributed by atoms with Crippen LogP contribution in [0.2, 0.25) is 0 Å². The van der Waals surface area contributed by atoms with Crippen LogP contribution in [0.15, 0.2) is 6.33 Å². The number of hydrogen-bond acceptors (Lipinski definition) is 5. The molecule has 2 aromatic heterocycles. The van der Waals surface area contributed by atoms with E-state index in [0.717, 1.165) is 4.68 Å². The summed E-state index contributed by atoms with van der Waals surface area (Å²) in [6, 6.07) is 0. The first-order valence-electron chi connectivity index (χ1n) is 6.21. The van der Waals surface area contributed by atoms with Crippen molar-refractivity contribution in [2.24, 2.45) is 5.92 Å². The molecule has 0 radical (unpaired) electrons. The van der Waals surface area contributed by atoms with Gasteiger partial charge in [-0.3, -0.25) is 0 Å². The van der Waals surface area contributed by atoms with E-state index in [1.54, 1.807) is 4.68 Å². The van der Waals surface area contributed by atoms with Crippen molar-refractivity contribution >= 4 is 5.97 Å². The van der Waals surface area contributed by atoms with Gasteiger partial charge in [0.05, 0.1) is 0 Å². The summed E-state index contributed by atoms with van der Waals surface area (Å²) < 4.78 is 28.4. The zero-order valence-electron chi connectivity index (χ0n) is 11.4. The average molecular weight is 300 g/mol. The van der Waals surface area contributed by atoms with E-state index in [1.165, 1.54) is 6.33 Å². The van der Waals surface area contributed by atoms with Gasteiger partial charge in [0.15, 0.2) is 5.69 Å². The largest absolute Gasteiger partial charge is 0.476 e. The van der Waals surface area contributed by atoms with Crippen LogP contribution in [0.25, 0.3) is 0 Å². The van der Waals surface area contributed by atoms with E-state index >= 15 is 0 Å². The number of carboxylic acids is 1. The topological polar surface area (TPSA) is 98.7 Å². The Kier molecular flexibility index (Phi) is 4.24. The van der Waals surface area contributed by atoms with Crippen LogP contribution >= 0.6 is 0 Å². The van der Waals surface area contributed by atoms with Crippen molar-refractivity contribution in [2.45, 2.75) is 33.4 Å². The summed E-state index contributed by atoms with van der Waals surface area (Å²) in [7, 11) is 0. The quantitative estimate of drug-likeness (QED) is 0.861. The fourth-order valence-electron chi connectivity index (χ4n) is 1.85. The molecule has 0 aliphatic rings. The molecule has 0 amide bonds. The van der Waals surface area contributed by atoms with Gasteiger partial charge in [0, 0.05) is 6.54 Å². The number of hydrogen-bond donors (Lipinski definition) is 1. The van der Waals surface area contributed by atoms with Crippen molar-refractivity contribution in [3.63, 3.8) is 0 Å². The van der Waals surface area contributed by atoms with Crippen LogP contribution in [0.5, 0.6) is 0 Å². The number of nitrogens with zero attached hydrogens (tertiary/aromatic N) is 6. The Hall–Kier alpha value is -2.39. The van der Waals surface area contributed by atoms with Gasteiger partial charge in [0.1, 0.15) is 24.4 Å². The Morgan fingerprint density at radius 1 is 1.38 bits per heavy atom. The highest BCUT2D eigenvalue weighted by Gasteiger charge is 2.27. The molecule has 0 aliphatic heterocycles. The summed E-state index contributed by atoms with van der Waals surface area (Å²) in [4.78, 5) is 14.9. The smallest absolute Gasteiger partial charge is 0.358 e. The van der Waals surface area contributed by atoms with E-state index in [0.29, 0.717) is 18.3 Å². The van der Waals surface area contributed by atoms with Crippen LogP contribution in [0.3, 0.4) is 0 Å². The fourth-order valence-corrected chi connectivity index (χ4v) is 1.85. The molecule has 0 bridgehead atoms. The second-order valence-corrected chi connectivity index (χ2v) is 4.84. The van der Waals surface area contributed by atoms with E-state index in [-0.39, 0.29) is 6.54 Å². The first kappa shape index (κ1) is 15.0. The SMILES string of the molecule is CC(C)Cn1ncnc1Cn1nnc(C(=O)O)c1C(F)F. The molecule has 114 valence electrons. The van der Waals surface area contributed by atoms with Crippen molar-refractivity contribution < 1.29 is 18.7 Å². The number of aromatic nitrogens is 6. The number of carboxylic acid groups (broad SMARTS) is 1. The van der Waals surface area contributed by atoms with Gasteiger partial charge >= 0.3 is 5.97 Å². The van der Waals surface area contributed by atoms with Gasteiger partial charge in [-0.15, -0.1) is 5.10 Å². The van der Waals surface area contributed by atoms with Crippen molar-refractivity contribution in [3.05, 3.63) is 23.5 Å². The normalized spacial score (nSPS) is 11.5. The van der Waals surface area contributed by atoms with E-state index in [4.69, 9.17) is 5.11 Å². The molecular weight excluding hydrogens is 286 g/mol. The number of aromatic carboxylic acids is 1. The maximum absolute atomic E-state index is 13.0. The molecule has 0 atom stereocenters. The van der Waals surface area contributed by atoms with Crippen LogP contribution in [0.1, 0.15) is 42.3 Å². The molecule has 0 unspecified atom stereocenters. The fraction of sp³-hybridized carbons (Fsp3) is 0.545. The Balaban J connectivity index is 2.32. The van der Waals surface area contributed by atoms with Gasteiger partial charge < -0.3 is 5.11 Å². The first-order chi connectivity index (χ1) is 9.90. The van der Waals surface area contributed by atoms with E-state index in [1.807, 2.05) is 13.8 Å². The first-order valence-corrected chi connectivity index (χ1v) is 6.21. The third kappa shape index (κ3) is 3.20. The highest BCUT2D eigenvalue weighted by atomic mass is 19.3. The lowest BCUT2D eigenvalue weighted by Crippen LogP contribution is -2.16. The maximum Gasteiger partial charge on any atom is 0.358 e. The van der Waals surface area contributed by atoms with Gasteiger partial charge in [0.25, 0.3) is 6.43 Å². The average Bonchev–Trinajstić information content (AvgIpc) is 2.96. The van der Waals surface area contributed by atoms with Gasteiger partial charge in [-0.2, -0.15) is 5.10 Å². The molecule has 8 nitrogen and oxygen atoms in total. The van der Waals surface area contributed by atoms with Crippen LogP contribution < -0.4 is 0 Å². The number of carbonyl (C=O) groups is 1. The van der Waals surface area contributed by atoms with Gasteiger partial charge in [-0.1, -0.05) is 19.1 Å². The molecule has 2 heterocycles. The molecule has 0 aromatic carbocycles. The van der Waals surface area contributed by atoms with E-state index in [9.17, 15) is 13.6 Å². The van der Waals surface area contributed by atoms with Gasteiger partial charge in [0.2, 0.25) is 0 Å². The zero-order chi connectivity index (χ0) is 15.6. The summed E-state index contributed by atoms with van der Waals surface area (Å²) in [6.07, 6.45) is -1.68. The lowest BCUT2D eigenvalue weighted by molar-refractivity contribution is 0.0675. The Bertz CT molecular complexity index is 636. The van der Waals surface area contributed by atoms with Crippen molar-refractivity contribution in [2.75, 3.05) is 0 Å². The summed E-state index contributed by atoms with van der Waals surface area (Å²) in [6.45, 7) is 4.41. The zero-order valence-corrected chi connectivity index (χ0v) is 11.4. The van der Waals surface area contributed by atoms with Crippen molar-refractivity contribution in [3.8, 4) is 0 Å². The molecule has 0 fully saturated rings. The van der Waals surface area contributed by atoms with E-state index < -0.39 is 23.8 Å². The Morgan fingerprint density at radius 2 is 2.10 bits per heavy atom. The summed E-state index contributed by atoms with van der Waals surface area (Å²) >= 11 is 0. The monoisotopic (exact) mass is 300 g/mol. The number of rotatable bonds is 6. The van der Waals surface area contributed by atoms with E-state index in [2.05, 4.69) is 20.4 Å². The lowest BCUT2D eigenvalue weighted by atomic mass is 10.2. The molecule has 21 heavy (non-hydrogen) atoms. The second-order valence-electron chi connectivity index (χ2n) is 4.84. The van der Waals surface area contributed by atoms with Gasteiger partial charge in [-0.25, -0.2) is 27.9 Å². The molecule has 2 rings (SSSR count). The maximum atomic E-state index is 13.0. The summed E-state index contributed by atoms with van der Waals surface area (Å²) in [5.74, 6) is -0.835. The molecule has 0 aliphatic carbocycles. The second kappa shape index (κ2) is 5.94. The number of halogens is 2. The predicted molar refractivity (Wildman–Crippen MR) is 65.9 cm³/mol. The van der Waals surface area contributed by atoms with Crippen molar-refractivity contribution in [1.82, 2.24) is 29.8 Å². The minimum atomic E-state index is -2.99. The minimum Gasteiger partial charge on any atom is -0.476 e. The molecule has 1 N–H and O–H groups in total. The molecule has 0 saturated heterocycles. The van der Waals surface area contributed by atoms with Crippen molar-refractivity contribution in [1.29, 1.82) is 0 Å². The molecule has 0 spiro atoms. The highest BCUT2D eigenvalue weighted by molar-refractivity contribution is 5.86.